The van der Waals surface area contributed by atoms with Gasteiger partial charge < -0.3 is 9.13 Å². The average Bonchev–Trinajstić information content (AvgIpc) is 2.68. The number of hydrogen-bond acceptors (Lipinski definition) is 3. The van der Waals surface area contributed by atoms with E-state index in [0.29, 0.717) is 0 Å². The fourth-order valence-electron chi connectivity index (χ4n) is 2.62. The van der Waals surface area contributed by atoms with Crippen LogP contribution in [0.2, 0.25) is 0 Å². The number of aromatic nitrogens is 4. The first-order valence-corrected chi connectivity index (χ1v) is 6.78. The minimum Gasteiger partial charge on any atom is -0.320 e. The summed E-state index contributed by atoms with van der Waals surface area (Å²) in [5, 5.41) is 0. The maximum atomic E-state index is 5.40. The Morgan fingerprint density at radius 3 is 1.70 bits per heavy atom. The molecule has 2 aromatic carbocycles. The van der Waals surface area contributed by atoms with Crippen LogP contribution >= 0.6 is 12.2 Å². The number of benzene rings is 2. The lowest BCUT2D eigenvalue weighted by Gasteiger charge is -2.02. The summed E-state index contributed by atoms with van der Waals surface area (Å²) < 4.78 is 4.79. The standard InChI is InChI=1S/C15H12N4S/c1-18-13-7-11-12(8-14(13)19(2)15(18)20)17-10-6-4-3-5-9(10)16-11/h3-8H,1-2H3. The minimum absolute atomic E-state index is 0.792. The Hall–Kier alpha value is -2.27. The zero-order chi connectivity index (χ0) is 13.9. The summed E-state index contributed by atoms with van der Waals surface area (Å²) in [6.07, 6.45) is 0. The van der Waals surface area contributed by atoms with Gasteiger partial charge in [0.2, 0.25) is 0 Å². The number of fused-ring (bicyclic) bond motifs is 3. The predicted octanol–water partition coefficient (Wildman–Crippen LogP) is 3.34. The molecule has 0 radical (unpaired) electrons. The third-order valence-electron chi connectivity index (χ3n) is 3.73. The SMILES string of the molecule is Cn1c(=S)n(C)c2cc3nc4ccccc4nc3cc21. The molecule has 0 saturated carbocycles. The van der Waals surface area contributed by atoms with Gasteiger partial charge in [0.15, 0.2) is 4.77 Å². The molecule has 0 amide bonds. The van der Waals surface area contributed by atoms with Crippen molar-refractivity contribution in [3.05, 3.63) is 41.2 Å². The van der Waals surface area contributed by atoms with Gasteiger partial charge in [-0.2, -0.15) is 0 Å². The van der Waals surface area contributed by atoms with Crippen LogP contribution in [0.4, 0.5) is 0 Å². The Bertz CT molecular complexity index is 961. The summed E-state index contributed by atoms with van der Waals surface area (Å²) in [6.45, 7) is 0. The highest BCUT2D eigenvalue weighted by molar-refractivity contribution is 7.71. The van der Waals surface area contributed by atoms with Gasteiger partial charge in [-0.3, -0.25) is 0 Å². The molecular formula is C15H12N4S. The molecule has 0 bridgehead atoms. The molecule has 4 rings (SSSR count). The fourth-order valence-corrected chi connectivity index (χ4v) is 2.81. The van der Waals surface area contributed by atoms with Crippen LogP contribution in [0.5, 0.6) is 0 Å². The van der Waals surface area contributed by atoms with E-state index in [1.165, 1.54) is 0 Å². The van der Waals surface area contributed by atoms with E-state index in [0.717, 1.165) is 37.9 Å². The highest BCUT2D eigenvalue weighted by Gasteiger charge is 2.09. The van der Waals surface area contributed by atoms with Crippen molar-refractivity contribution in [1.82, 2.24) is 19.1 Å². The second-order valence-corrected chi connectivity index (χ2v) is 5.31. The lowest BCUT2D eigenvalue weighted by Crippen LogP contribution is -1.90. The molecule has 0 aliphatic heterocycles. The molecule has 0 aliphatic carbocycles. The van der Waals surface area contributed by atoms with Gasteiger partial charge in [0.1, 0.15) is 0 Å². The molecule has 0 saturated heterocycles. The van der Waals surface area contributed by atoms with E-state index in [1.807, 2.05) is 47.5 Å². The van der Waals surface area contributed by atoms with Crippen molar-refractivity contribution in [3.63, 3.8) is 0 Å². The molecule has 0 aliphatic rings. The maximum absolute atomic E-state index is 5.40. The van der Waals surface area contributed by atoms with Gasteiger partial charge in [-0.15, -0.1) is 0 Å². The normalized spacial score (nSPS) is 11.7. The van der Waals surface area contributed by atoms with Gasteiger partial charge in [-0.05, 0) is 36.5 Å². The van der Waals surface area contributed by atoms with Crippen LogP contribution in [-0.4, -0.2) is 19.1 Å². The maximum Gasteiger partial charge on any atom is 0.180 e. The Kier molecular flexibility index (Phi) is 2.23. The Morgan fingerprint density at radius 2 is 1.25 bits per heavy atom. The zero-order valence-corrected chi connectivity index (χ0v) is 12.0. The van der Waals surface area contributed by atoms with E-state index in [-0.39, 0.29) is 0 Å². The molecule has 5 heteroatoms. The molecule has 0 fully saturated rings. The smallest absolute Gasteiger partial charge is 0.180 e. The molecule has 4 nitrogen and oxygen atoms in total. The van der Waals surface area contributed by atoms with E-state index >= 15 is 0 Å². The topological polar surface area (TPSA) is 35.6 Å². The van der Waals surface area contributed by atoms with Crippen molar-refractivity contribution in [2.45, 2.75) is 0 Å². The largest absolute Gasteiger partial charge is 0.320 e. The van der Waals surface area contributed by atoms with E-state index in [2.05, 4.69) is 22.1 Å². The molecular weight excluding hydrogens is 268 g/mol. The number of rotatable bonds is 0. The Labute approximate surface area is 120 Å². The molecule has 98 valence electrons. The van der Waals surface area contributed by atoms with Crippen LogP contribution in [0.25, 0.3) is 33.1 Å². The second-order valence-electron chi connectivity index (χ2n) is 4.94. The van der Waals surface area contributed by atoms with E-state index in [9.17, 15) is 0 Å². The zero-order valence-electron chi connectivity index (χ0n) is 11.2. The van der Waals surface area contributed by atoms with Gasteiger partial charge in [0.05, 0.1) is 33.1 Å². The highest BCUT2D eigenvalue weighted by Crippen LogP contribution is 2.23. The number of hydrogen-bond donors (Lipinski definition) is 0. The van der Waals surface area contributed by atoms with Gasteiger partial charge in [0.25, 0.3) is 0 Å². The van der Waals surface area contributed by atoms with Crippen molar-refractivity contribution in [2.24, 2.45) is 14.1 Å². The number of para-hydroxylation sites is 2. The Balaban J connectivity index is 2.24. The second kappa shape index (κ2) is 3.86. The quantitative estimate of drug-likeness (QED) is 0.366. The minimum atomic E-state index is 0.792. The molecule has 20 heavy (non-hydrogen) atoms. The summed E-state index contributed by atoms with van der Waals surface area (Å²) in [6, 6.07) is 12.0. The van der Waals surface area contributed by atoms with Crippen LogP contribution in [0.3, 0.4) is 0 Å². The summed E-state index contributed by atoms with van der Waals surface area (Å²) in [4.78, 5) is 9.38. The molecule has 0 N–H and O–H groups in total. The monoisotopic (exact) mass is 280 g/mol. The molecule has 2 aromatic heterocycles. The summed E-state index contributed by atoms with van der Waals surface area (Å²) >= 11 is 5.40. The van der Waals surface area contributed by atoms with Crippen LogP contribution in [0, 0.1) is 4.77 Å². The van der Waals surface area contributed by atoms with E-state index < -0.39 is 0 Å². The van der Waals surface area contributed by atoms with Crippen molar-refractivity contribution in [1.29, 1.82) is 0 Å². The van der Waals surface area contributed by atoms with Crippen LogP contribution in [-0.2, 0) is 14.1 Å². The first kappa shape index (κ1) is 11.5. The van der Waals surface area contributed by atoms with Gasteiger partial charge in [-0.25, -0.2) is 9.97 Å². The molecule has 4 aromatic rings. The molecule has 0 atom stereocenters. The summed E-state index contributed by atoms with van der Waals surface area (Å²) in [7, 11) is 3.95. The lowest BCUT2D eigenvalue weighted by molar-refractivity contribution is 0.834. The first-order chi connectivity index (χ1) is 9.65. The first-order valence-electron chi connectivity index (χ1n) is 6.37. The van der Waals surface area contributed by atoms with Crippen molar-refractivity contribution in [2.75, 3.05) is 0 Å². The van der Waals surface area contributed by atoms with Crippen molar-refractivity contribution in [3.8, 4) is 0 Å². The third-order valence-corrected chi connectivity index (χ3v) is 4.28. The molecule has 2 heterocycles. The van der Waals surface area contributed by atoms with E-state index in [1.54, 1.807) is 0 Å². The van der Waals surface area contributed by atoms with Crippen LogP contribution in [0.15, 0.2) is 36.4 Å². The molecule has 0 unspecified atom stereocenters. The van der Waals surface area contributed by atoms with Gasteiger partial charge >= 0.3 is 0 Å². The van der Waals surface area contributed by atoms with Crippen LogP contribution < -0.4 is 0 Å². The Morgan fingerprint density at radius 1 is 0.800 bits per heavy atom. The van der Waals surface area contributed by atoms with Crippen LogP contribution in [0.1, 0.15) is 0 Å². The van der Waals surface area contributed by atoms with Crippen molar-refractivity contribution < 1.29 is 0 Å². The van der Waals surface area contributed by atoms with Gasteiger partial charge in [0, 0.05) is 14.1 Å². The number of imidazole rings is 1. The summed E-state index contributed by atoms with van der Waals surface area (Å²) in [5.74, 6) is 0. The van der Waals surface area contributed by atoms with E-state index in [4.69, 9.17) is 12.2 Å². The number of nitrogens with zero attached hydrogens (tertiary/aromatic N) is 4. The third kappa shape index (κ3) is 1.44. The highest BCUT2D eigenvalue weighted by atomic mass is 32.1. The van der Waals surface area contributed by atoms with Gasteiger partial charge in [-0.1, -0.05) is 12.1 Å². The molecule has 0 spiro atoms. The summed E-state index contributed by atoms with van der Waals surface area (Å²) in [5.41, 5.74) is 5.78. The average molecular weight is 280 g/mol. The lowest BCUT2D eigenvalue weighted by atomic mass is 10.2. The number of aryl methyl sites for hydroxylation is 2. The fraction of sp³-hybridized carbons (Fsp3) is 0.133. The van der Waals surface area contributed by atoms with Crippen molar-refractivity contribution >= 4 is 45.3 Å². The predicted molar refractivity (Wildman–Crippen MR) is 83.3 cm³/mol.